The van der Waals surface area contributed by atoms with E-state index < -0.39 is 11.7 Å². The molecule has 1 aliphatic heterocycles. The van der Waals surface area contributed by atoms with E-state index in [1.807, 2.05) is 0 Å². The Hall–Kier alpha value is -1.03. The lowest BCUT2D eigenvalue weighted by Gasteiger charge is -2.42. The number of rotatable bonds is 2. The van der Waals surface area contributed by atoms with Gasteiger partial charge in [-0.05, 0) is 31.5 Å². The predicted molar refractivity (Wildman–Crippen MR) is 60.9 cm³/mol. The Bertz CT molecular complexity index is 375. The molecule has 1 aromatic rings. The fourth-order valence-electron chi connectivity index (χ4n) is 2.09. The quantitative estimate of drug-likeness (QED) is 0.768. The highest BCUT2D eigenvalue weighted by Crippen LogP contribution is 2.32. The van der Waals surface area contributed by atoms with E-state index in [4.69, 9.17) is 0 Å². The van der Waals surface area contributed by atoms with Crippen LogP contribution in [0.4, 0.5) is 13.2 Å². The van der Waals surface area contributed by atoms with Crippen molar-refractivity contribution in [3.05, 3.63) is 35.4 Å². The molecule has 1 aliphatic rings. The molecule has 1 fully saturated rings. The van der Waals surface area contributed by atoms with Gasteiger partial charge in [0.2, 0.25) is 0 Å². The van der Waals surface area contributed by atoms with Crippen LogP contribution in [0.5, 0.6) is 0 Å². The van der Waals surface area contributed by atoms with Crippen molar-refractivity contribution in [2.75, 3.05) is 13.1 Å². The summed E-state index contributed by atoms with van der Waals surface area (Å²) in [5.74, 6) is 0.389. The Labute approximate surface area is 99.2 Å². The lowest BCUT2D eigenvalue weighted by Crippen LogP contribution is -2.48. The van der Waals surface area contributed by atoms with Gasteiger partial charge >= 0.3 is 6.18 Å². The molecule has 1 aromatic carbocycles. The molecule has 1 nitrogen and oxygen atoms in total. The van der Waals surface area contributed by atoms with E-state index in [2.05, 4.69) is 18.7 Å². The topological polar surface area (TPSA) is 3.24 Å². The molecule has 94 valence electrons. The first-order valence-electron chi connectivity index (χ1n) is 5.79. The van der Waals surface area contributed by atoms with Crippen LogP contribution in [0.2, 0.25) is 0 Å². The largest absolute Gasteiger partial charge is 0.416 e. The molecule has 0 bridgehead atoms. The Morgan fingerprint density at radius 3 is 2.06 bits per heavy atom. The third-order valence-corrected chi connectivity index (χ3v) is 3.35. The molecule has 4 heteroatoms. The standard InChI is InChI=1S/C13H16F3N/c1-9(2)17-7-11(8-17)10-3-5-12(6-4-10)13(14,15)16/h3-6,9,11H,7-8H2,1-2H3. The van der Waals surface area contributed by atoms with Crippen molar-refractivity contribution in [3.63, 3.8) is 0 Å². The molecule has 0 radical (unpaired) electrons. The van der Waals surface area contributed by atoms with Gasteiger partial charge in [-0.3, -0.25) is 4.90 Å². The number of benzene rings is 1. The van der Waals surface area contributed by atoms with Gasteiger partial charge in [0.25, 0.3) is 0 Å². The Balaban J connectivity index is 2.01. The van der Waals surface area contributed by atoms with Crippen LogP contribution in [-0.2, 0) is 6.18 Å². The highest BCUT2D eigenvalue weighted by Gasteiger charge is 2.32. The van der Waals surface area contributed by atoms with E-state index in [1.54, 1.807) is 12.1 Å². The van der Waals surface area contributed by atoms with E-state index in [1.165, 1.54) is 12.1 Å². The highest BCUT2D eigenvalue weighted by molar-refractivity contribution is 5.29. The third kappa shape index (κ3) is 2.63. The van der Waals surface area contributed by atoms with E-state index in [0.29, 0.717) is 12.0 Å². The van der Waals surface area contributed by atoms with Gasteiger partial charge in [-0.1, -0.05) is 12.1 Å². The average Bonchev–Trinajstić information content (AvgIpc) is 2.14. The number of halogens is 3. The fraction of sp³-hybridized carbons (Fsp3) is 0.538. The van der Waals surface area contributed by atoms with Crippen LogP contribution in [0, 0.1) is 0 Å². The first kappa shape index (κ1) is 12.4. The van der Waals surface area contributed by atoms with Gasteiger partial charge in [-0.25, -0.2) is 0 Å². The second kappa shape index (κ2) is 4.33. The predicted octanol–water partition coefficient (Wildman–Crippen LogP) is 3.51. The first-order chi connectivity index (χ1) is 7.88. The number of likely N-dealkylation sites (tertiary alicyclic amines) is 1. The smallest absolute Gasteiger partial charge is 0.300 e. The van der Waals surface area contributed by atoms with Crippen molar-refractivity contribution >= 4 is 0 Å². The summed E-state index contributed by atoms with van der Waals surface area (Å²) in [5, 5.41) is 0. The second-order valence-corrected chi connectivity index (χ2v) is 4.86. The summed E-state index contributed by atoms with van der Waals surface area (Å²) in [4.78, 5) is 2.31. The van der Waals surface area contributed by atoms with E-state index in [0.717, 1.165) is 18.7 Å². The van der Waals surface area contributed by atoms with Crippen molar-refractivity contribution in [1.82, 2.24) is 4.90 Å². The molecule has 17 heavy (non-hydrogen) atoms. The van der Waals surface area contributed by atoms with Gasteiger partial charge in [0.15, 0.2) is 0 Å². The molecular weight excluding hydrogens is 227 g/mol. The van der Waals surface area contributed by atoms with E-state index in [9.17, 15) is 13.2 Å². The maximum absolute atomic E-state index is 12.4. The van der Waals surface area contributed by atoms with Crippen LogP contribution in [0.15, 0.2) is 24.3 Å². The minimum absolute atomic E-state index is 0.389. The van der Waals surface area contributed by atoms with Crippen molar-refractivity contribution in [2.45, 2.75) is 32.0 Å². The zero-order valence-electron chi connectivity index (χ0n) is 9.96. The van der Waals surface area contributed by atoms with Crippen molar-refractivity contribution < 1.29 is 13.2 Å². The number of nitrogens with zero attached hydrogens (tertiary/aromatic N) is 1. The van der Waals surface area contributed by atoms with Crippen LogP contribution >= 0.6 is 0 Å². The van der Waals surface area contributed by atoms with Gasteiger partial charge < -0.3 is 0 Å². The van der Waals surface area contributed by atoms with Crippen molar-refractivity contribution in [2.24, 2.45) is 0 Å². The van der Waals surface area contributed by atoms with Gasteiger partial charge in [0.05, 0.1) is 5.56 Å². The monoisotopic (exact) mass is 243 g/mol. The van der Waals surface area contributed by atoms with Gasteiger partial charge in [-0.15, -0.1) is 0 Å². The molecule has 2 rings (SSSR count). The van der Waals surface area contributed by atoms with Gasteiger partial charge in [0.1, 0.15) is 0 Å². The average molecular weight is 243 g/mol. The number of hydrogen-bond acceptors (Lipinski definition) is 1. The SMILES string of the molecule is CC(C)N1CC(c2ccc(C(F)(F)F)cc2)C1. The maximum atomic E-state index is 12.4. The molecule has 1 saturated heterocycles. The molecule has 1 heterocycles. The molecular formula is C13H16F3N. The van der Waals surface area contributed by atoms with Gasteiger partial charge in [-0.2, -0.15) is 13.2 Å². The molecule has 0 saturated carbocycles. The third-order valence-electron chi connectivity index (χ3n) is 3.35. The van der Waals surface area contributed by atoms with Crippen LogP contribution in [0.1, 0.15) is 30.9 Å². The lowest BCUT2D eigenvalue weighted by molar-refractivity contribution is -0.137. The molecule has 0 spiro atoms. The summed E-state index contributed by atoms with van der Waals surface area (Å²) in [6, 6.07) is 6.07. The van der Waals surface area contributed by atoms with Crippen molar-refractivity contribution in [3.8, 4) is 0 Å². The summed E-state index contributed by atoms with van der Waals surface area (Å²) in [7, 11) is 0. The minimum atomic E-state index is -4.23. The molecule has 0 N–H and O–H groups in total. The molecule has 0 aromatic heterocycles. The minimum Gasteiger partial charge on any atom is -0.300 e. The fourth-order valence-corrected chi connectivity index (χ4v) is 2.09. The summed E-state index contributed by atoms with van der Waals surface area (Å²) in [6.45, 7) is 6.15. The first-order valence-corrected chi connectivity index (χ1v) is 5.79. The summed E-state index contributed by atoms with van der Waals surface area (Å²) in [5.41, 5.74) is 0.441. The van der Waals surface area contributed by atoms with Crippen LogP contribution in [-0.4, -0.2) is 24.0 Å². The zero-order valence-corrected chi connectivity index (χ0v) is 9.96. The maximum Gasteiger partial charge on any atom is 0.416 e. The second-order valence-electron chi connectivity index (χ2n) is 4.86. The van der Waals surface area contributed by atoms with Crippen molar-refractivity contribution in [1.29, 1.82) is 0 Å². The molecule has 0 unspecified atom stereocenters. The molecule has 0 amide bonds. The summed E-state index contributed by atoms with van der Waals surface area (Å²) >= 11 is 0. The zero-order chi connectivity index (χ0) is 12.6. The number of hydrogen-bond donors (Lipinski definition) is 0. The van der Waals surface area contributed by atoms with Crippen LogP contribution in [0.25, 0.3) is 0 Å². The normalized spacial score (nSPS) is 18.5. The van der Waals surface area contributed by atoms with E-state index >= 15 is 0 Å². The van der Waals surface area contributed by atoms with Crippen LogP contribution < -0.4 is 0 Å². The molecule has 0 atom stereocenters. The highest BCUT2D eigenvalue weighted by atomic mass is 19.4. The Morgan fingerprint density at radius 2 is 1.65 bits per heavy atom. The summed E-state index contributed by atoms with van der Waals surface area (Å²) in [6.07, 6.45) is -4.23. The van der Waals surface area contributed by atoms with E-state index in [-0.39, 0.29) is 0 Å². The Morgan fingerprint density at radius 1 is 1.12 bits per heavy atom. The number of alkyl halides is 3. The lowest BCUT2D eigenvalue weighted by atomic mass is 9.90. The summed E-state index contributed by atoms with van der Waals surface area (Å²) < 4.78 is 37.1. The molecule has 0 aliphatic carbocycles. The van der Waals surface area contributed by atoms with Gasteiger partial charge in [0, 0.05) is 25.0 Å². The Kier molecular flexibility index (Phi) is 3.17. The van der Waals surface area contributed by atoms with Crippen LogP contribution in [0.3, 0.4) is 0 Å².